The van der Waals surface area contributed by atoms with Crippen LogP contribution in [0.3, 0.4) is 0 Å². The zero-order valence-electron chi connectivity index (χ0n) is 8.12. The molecule has 0 amide bonds. The number of nitrogens with one attached hydrogen (secondary N) is 1. The van der Waals surface area contributed by atoms with Gasteiger partial charge in [0.1, 0.15) is 0 Å². The minimum Gasteiger partial charge on any atom is -0.388 e. The van der Waals surface area contributed by atoms with Crippen LogP contribution in [0.1, 0.15) is 20.3 Å². The quantitative estimate of drug-likeness (QED) is 0.740. The average Bonchev–Trinajstić information content (AvgIpc) is 2.17. The van der Waals surface area contributed by atoms with E-state index in [1.807, 2.05) is 26.0 Å². The van der Waals surface area contributed by atoms with E-state index >= 15 is 0 Å². The fraction of sp³-hybridized carbons (Fsp3) is 0.500. The van der Waals surface area contributed by atoms with Crippen LogP contribution in [0.5, 0.6) is 0 Å². The second-order valence-corrected chi connectivity index (χ2v) is 3.44. The Hall–Kier alpha value is -1.09. The fourth-order valence-corrected chi connectivity index (χ4v) is 0.887. The molecule has 1 aromatic heterocycles. The predicted molar refractivity (Wildman–Crippen MR) is 53.6 cm³/mol. The van der Waals surface area contributed by atoms with Gasteiger partial charge in [-0.1, -0.05) is 6.92 Å². The summed E-state index contributed by atoms with van der Waals surface area (Å²) in [5.41, 5.74) is 0.354. The Labute approximate surface area is 78.8 Å². The second kappa shape index (κ2) is 4.23. The van der Waals surface area contributed by atoms with E-state index in [1.165, 1.54) is 0 Å². The normalized spacial score (nSPS) is 15.0. The summed E-state index contributed by atoms with van der Waals surface area (Å²) >= 11 is 0. The van der Waals surface area contributed by atoms with Crippen LogP contribution in [0.15, 0.2) is 24.5 Å². The lowest BCUT2D eigenvalue weighted by atomic mass is 10.0. The fourth-order valence-electron chi connectivity index (χ4n) is 0.887. The molecule has 0 bridgehead atoms. The Morgan fingerprint density at radius 1 is 1.46 bits per heavy atom. The molecule has 0 aliphatic carbocycles. The third kappa shape index (κ3) is 3.42. The molecule has 1 aromatic rings. The maximum atomic E-state index is 9.71. The van der Waals surface area contributed by atoms with Gasteiger partial charge in [0.05, 0.1) is 5.60 Å². The van der Waals surface area contributed by atoms with Crippen LogP contribution in [0.25, 0.3) is 0 Å². The standard InChI is InChI=1S/C10H16N2O/c1-3-10(2,13)8-12-9-4-6-11-7-5-9/h4-7,13H,3,8H2,1-2H3,(H,11,12). The van der Waals surface area contributed by atoms with Crippen molar-refractivity contribution < 1.29 is 5.11 Å². The van der Waals surface area contributed by atoms with Crippen LogP contribution in [0.4, 0.5) is 5.69 Å². The Bertz CT molecular complexity index is 246. The van der Waals surface area contributed by atoms with Crippen molar-refractivity contribution in [3.05, 3.63) is 24.5 Å². The number of aliphatic hydroxyl groups is 1. The predicted octanol–water partition coefficient (Wildman–Crippen LogP) is 1.65. The second-order valence-electron chi connectivity index (χ2n) is 3.44. The van der Waals surface area contributed by atoms with Gasteiger partial charge < -0.3 is 10.4 Å². The van der Waals surface area contributed by atoms with Gasteiger partial charge in [0.25, 0.3) is 0 Å². The molecule has 3 nitrogen and oxygen atoms in total. The van der Waals surface area contributed by atoms with Gasteiger partial charge in [-0.05, 0) is 25.5 Å². The summed E-state index contributed by atoms with van der Waals surface area (Å²) in [5, 5.41) is 12.9. The van der Waals surface area contributed by atoms with Gasteiger partial charge in [-0.15, -0.1) is 0 Å². The van der Waals surface area contributed by atoms with Crippen molar-refractivity contribution in [1.29, 1.82) is 0 Å². The van der Waals surface area contributed by atoms with E-state index in [0.717, 1.165) is 12.1 Å². The van der Waals surface area contributed by atoms with Crippen LogP contribution in [-0.2, 0) is 0 Å². The SMILES string of the molecule is CCC(C)(O)CNc1ccncc1. The van der Waals surface area contributed by atoms with E-state index in [-0.39, 0.29) is 0 Å². The summed E-state index contributed by atoms with van der Waals surface area (Å²) in [5.74, 6) is 0. The van der Waals surface area contributed by atoms with Crippen molar-refractivity contribution in [2.24, 2.45) is 0 Å². The van der Waals surface area contributed by atoms with Crippen molar-refractivity contribution in [2.45, 2.75) is 25.9 Å². The molecule has 1 heterocycles. The molecule has 72 valence electrons. The molecular formula is C10H16N2O. The number of anilines is 1. The van der Waals surface area contributed by atoms with Crippen molar-refractivity contribution in [3.63, 3.8) is 0 Å². The van der Waals surface area contributed by atoms with Gasteiger partial charge in [0.15, 0.2) is 0 Å². The highest BCUT2D eigenvalue weighted by molar-refractivity contribution is 5.40. The molecule has 1 atom stereocenters. The Kier molecular flexibility index (Phi) is 3.25. The van der Waals surface area contributed by atoms with Crippen LogP contribution >= 0.6 is 0 Å². The highest BCUT2D eigenvalue weighted by atomic mass is 16.3. The van der Waals surface area contributed by atoms with Gasteiger partial charge in [0, 0.05) is 24.6 Å². The summed E-state index contributed by atoms with van der Waals surface area (Å²) in [6.07, 6.45) is 4.19. The van der Waals surface area contributed by atoms with Crippen LogP contribution in [-0.4, -0.2) is 22.2 Å². The Morgan fingerprint density at radius 3 is 2.62 bits per heavy atom. The third-order valence-electron chi connectivity index (χ3n) is 2.12. The molecule has 0 spiro atoms. The lowest BCUT2D eigenvalue weighted by Gasteiger charge is -2.22. The van der Waals surface area contributed by atoms with Gasteiger partial charge >= 0.3 is 0 Å². The molecule has 3 heteroatoms. The zero-order valence-corrected chi connectivity index (χ0v) is 8.12. The average molecular weight is 180 g/mol. The third-order valence-corrected chi connectivity index (χ3v) is 2.12. The molecule has 0 radical (unpaired) electrons. The van der Waals surface area contributed by atoms with E-state index in [9.17, 15) is 5.11 Å². The topological polar surface area (TPSA) is 45.1 Å². The van der Waals surface area contributed by atoms with Crippen molar-refractivity contribution in [1.82, 2.24) is 4.98 Å². The van der Waals surface area contributed by atoms with Gasteiger partial charge in [-0.3, -0.25) is 4.98 Å². The maximum Gasteiger partial charge on any atom is 0.0788 e. The number of hydrogen-bond acceptors (Lipinski definition) is 3. The lowest BCUT2D eigenvalue weighted by Crippen LogP contribution is -2.32. The molecule has 0 aliphatic rings. The van der Waals surface area contributed by atoms with E-state index in [4.69, 9.17) is 0 Å². The summed E-state index contributed by atoms with van der Waals surface area (Å²) in [6, 6.07) is 3.76. The molecule has 13 heavy (non-hydrogen) atoms. The molecule has 0 aromatic carbocycles. The monoisotopic (exact) mass is 180 g/mol. The van der Waals surface area contributed by atoms with E-state index in [2.05, 4.69) is 10.3 Å². The number of nitrogens with zero attached hydrogens (tertiary/aromatic N) is 1. The van der Waals surface area contributed by atoms with Crippen molar-refractivity contribution in [3.8, 4) is 0 Å². The lowest BCUT2D eigenvalue weighted by molar-refractivity contribution is 0.0697. The van der Waals surface area contributed by atoms with Crippen LogP contribution < -0.4 is 5.32 Å². The number of hydrogen-bond donors (Lipinski definition) is 2. The van der Waals surface area contributed by atoms with E-state index < -0.39 is 5.60 Å². The molecule has 0 saturated carbocycles. The summed E-state index contributed by atoms with van der Waals surface area (Å²) in [7, 11) is 0. The molecule has 0 saturated heterocycles. The van der Waals surface area contributed by atoms with Crippen LogP contribution in [0, 0.1) is 0 Å². The molecular weight excluding hydrogens is 164 g/mol. The number of rotatable bonds is 4. The first-order chi connectivity index (χ1) is 6.14. The van der Waals surface area contributed by atoms with E-state index in [1.54, 1.807) is 12.4 Å². The minimum atomic E-state index is -0.636. The highest BCUT2D eigenvalue weighted by Crippen LogP contribution is 2.10. The first kappa shape index (κ1) is 9.99. The first-order valence-electron chi connectivity index (χ1n) is 4.50. The first-order valence-corrected chi connectivity index (χ1v) is 4.50. The summed E-state index contributed by atoms with van der Waals surface area (Å²) in [6.45, 7) is 4.35. The van der Waals surface area contributed by atoms with Gasteiger partial charge in [-0.2, -0.15) is 0 Å². The molecule has 1 unspecified atom stereocenters. The van der Waals surface area contributed by atoms with E-state index in [0.29, 0.717) is 6.54 Å². The number of aromatic nitrogens is 1. The van der Waals surface area contributed by atoms with Crippen molar-refractivity contribution in [2.75, 3.05) is 11.9 Å². The number of pyridine rings is 1. The smallest absolute Gasteiger partial charge is 0.0788 e. The van der Waals surface area contributed by atoms with Crippen molar-refractivity contribution >= 4 is 5.69 Å². The maximum absolute atomic E-state index is 9.71. The van der Waals surface area contributed by atoms with Gasteiger partial charge in [0.2, 0.25) is 0 Å². The largest absolute Gasteiger partial charge is 0.388 e. The Balaban J connectivity index is 2.44. The highest BCUT2D eigenvalue weighted by Gasteiger charge is 2.16. The zero-order chi connectivity index (χ0) is 9.73. The Morgan fingerprint density at radius 2 is 2.08 bits per heavy atom. The summed E-state index contributed by atoms with van der Waals surface area (Å²) in [4.78, 5) is 3.91. The molecule has 2 N–H and O–H groups in total. The van der Waals surface area contributed by atoms with Gasteiger partial charge in [-0.25, -0.2) is 0 Å². The summed E-state index contributed by atoms with van der Waals surface area (Å²) < 4.78 is 0. The molecule has 1 rings (SSSR count). The molecule has 0 fully saturated rings. The molecule has 0 aliphatic heterocycles. The van der Waals surface area contributed by atoms with Crippen LogP contribution in [0.2, 0.25) is 0 Å². The minimum absolute atomic E-state index is 0.563.